The number of aromatic nitrogens is 2. The van der Waals surface area contributed by atoms with Gasteiger partial charge in [0, 0.05) is 25.1 Å². The molecule has 7 nitrogen and oxygen atoms in total. The smallest absolute Gasteiger partial charge is 0.271 e. The molecular formula is C20H25N5O2. The van der Waals surface area contributed by atoms with Crippen LogP contribution in [0.15, 0.2) is 36.4 Å². The molecule has 0 unspecified atom stereocenters. The zero-order valence-corrected chi connectivity index (χ0v) is 15.4. The minimum Gasteiger partial charge on any atom is -0.349 e. The van der Waals surface area contributed by atoms with Gasteiger partial charge in [-0.25, -0.2) is 4.68 Å². The molecule has 1 aromatic carbocycles. The molecule has 1 aliphatic heterocycles. The van der Waals surface area contributed by atoms with Crippen LogP contribution in [0.5, 0.6) is 0 Å². The van der Waals surface area contributed by atoms with E-state index in [4.69, 9.17) is 0 Å². The number of nitrogens with zero attached hydrogens (tertiary/aromatic N) is 3. The Morgan fingerprint density at radius 3 is 2.56 bits per heavy atom. The van der Waals surface area contributed by atoms with Crippen molar-refractivity contribution in [2.75, 3.05) is 31.5 Å². The molecule has 7 heteroatoms. The average molecular weight is 367 g/mol. The Balaban J connectivity index is 1.47. The van der Waals surface area contributed by atoms with Gasteiger partial charge in [0.25, 0.3) is 5.91 Å². The van der Waals surface area contributed by atoms with Crippen molar-refractivity contribution in [3.8, 4) is 5.69 Å². The standard InChI is InChI=1S/C20H25N5O2/c26-19(15-8-9-15)22-18-14-17(23-25(18)16-6-2-1-3-7-16)20(27)21-10-13-24-11-4-5-12-24/h1-3,6-7,14-15H,4-5,8-13H2,(H,21,27)(H,22,26). The van der Waals surface area contributed by atoms with Gasteiger partial charge in [0.15, 0.2) is 5.69 Å². The monoisotopic (exact) mass is 367 g/mol. The van der Waals surface area contributed by atoms with E-state index in [-0.39, 0.29) is 17.7 Å². The molecule has 2 amide bonds. The molecule has 2 N–H and O–H groups in total. The second-order valence-corrected chi connectivity index (χ2v) is 7.23. The van der Waals surface area contributed by atoms with Crippen LogP contribution in [0.25, 0.3) is 5.69 Å². The van der Waals surface area contributed by atoms with Crippen LogP contribution in [0, 0.1) is 5.92 Å². The highest BCUT2D eigenvalue weighted by atomic mass is 16.2. The summed E-state index contributed by atoms with van der Waals surface area (Å²) in [6.45, 7) is 3.67. The molecule has 0 spiro atoms. The van der Waals surface area contributed by atoms with Crippen molar-refractivity contribution >= 4 is 17.6 Å². The maximum Gasteiger partial charge on any atom is 0.271 e. The molecule has 2 aromatic rings. The molecule has 0 bridgehead atoms. The van der Waals surface area contributed by atoms with Crippen molar-refractivity contribution in [3.63, 3.8) is 0 Å². The first-order valence-electron chi connectivity index (χ1n) is 9.67. The van der Waals surface area contributed by atoms with Gasteiger partial charge >= 0.3 is 0 Å². The van der Waals surface area contributed by atoms with E-state index < -0.39 is 0 Å². The highest BCUT2D eigenvalue weighted by molar-refractivity contribution is 5.97. The van der Waals surface area contributed by atoms with Crippen LogP contribution in [-0.4, -0.2) is 52.7 Å². The fourth-order valence-corrected chi connectivity index (χ4v) is 3.35. The Morgan fingerprint density at radius 2 is 1.85 bits per heavy atom. The summed E-state index contributed by atoms with van der Waals surface area (Å²) >= 11 is 0. The minimum atomic E-state index is -0.217. The number of likely N-dealkylation sites (tertiary alicyclic amines) is 1. The Hall–Kier alpha value is -2.67. The number of rotatable bonds is 7. The van der Waals surface area contributed by atoms with Crippen molar-refractivity contribution in [1.29, 1.82) is 0 Å². The van der Waals surface area contributed by atoms with Gasteiger partial charge in [-0.3, -0.25) is 9.59 Å². The van der Waals surface area contributed by atoms with E-state index in [0.29, 0.717) is 18.1 Å². The van der Waals surface area contributed by atoms with Crippen LogP contribution in [0.4, 0.5) is 5.82 Å². The highest BCUT2D eigenvalue weighted by Crippen LogP contribution is 2.30. The Labute approximate surface area is 158 Å². The summed E-state index contributed by atoms with van der Waals surface area (Å²) in [5.41, 5.74) is 1.12. The first-order chi connectivity index (χ1) is 13.2. The number of hydrogen-bond acceptors (Lipinski definition) is 4. The summed E-state index contributed by atoms with van der Waals surface area (Å²) in [7, 11) is 0. The number of para-hydroxylation sites is 1. The summed E-state index contributed by atoms with van der Waals surface area (Å²) in [6.07, 6.45) is 4.32. The number of carbonyl (C=O) groups excluding carboxylic acids is 2. The van der Waals surface area contributed by atoms with Crippen LogP contribution >= 0.6 is 0 Å². The van der Waals surface area contributed by atoms with Gasteiger partial charge in [-0.15, -0.1) is 0 Å². The molecule has 0 radical (unpaired) electrons. The lowest BCUT2D eigenvalue weighted by molar-refractivity contribution is -0.117. The normalized spacial score (nSPS) is 17.0. The Kier molecular flexibility index (Phi) is 5.20. The molecule has 142 valence electrons. The van der Waals surface area contributed by atoms with Crippen molar-refractivity contribution in [3.05, 3.63) is 42.1 Å². The Bertz CT molecular complexity index is 807. The topological polar surface area (TPSA) is 79.3 Å². The van der Waals surface area contributed by atoms with E-state index in [9.17, 15) is 9.59 Å². The van der Waals surface area contributed by atoms with E-state index in [1.165, 1.54) is 12.8 Å². The van der Waals surface area contributed by atoms with E-state index in [0.717, 1.165) is 38.2 Å². The summed E-state index contributed by atoms with van der Waals surface area (Å²) in [5.74, 6) is 0.392. The molecular weight excluding hydrogens is 342 g/mol. The van der Waals surface area contributed by atoms with Gasteiger partial charge in [0.1, 0.15) is 5.82 Å². The molecule has 1 saturated carbocycles. The maximum atomic E-state index is 12.5. The predicted octanol–water partition coefficient (Wildman–Crippen LogP) is 2.05. The molecule has 1 saturated heterocycles. The lowest BCUT2D eigenvalue weighted by Crippen LogP contribution is -2.33. The van der Waals surface area contributed by atoms with Gasteiger partial charge in [-0.05, 0) is 50.9 Å². The van der Waals surface area contributed by atoms with Crippen LogP contribution in [0.1, 0.15) is 36.2 Å². The molecule has 1 aliphatic carbocycles. The molecule has 27 heavy (non-hydrogen) atoms. The summed E-state index contributed by atoms with van der Waals surface area (Å²) in [4.78, 5) is 27.1. The fraction of sp³-hybridized carbons (Fsp3) is 0.450. The van der Waals surface area contributed by atoms with E-state index >= 15 is 0 Å². The second kappa shape index (κ2) is 7.92. The fourth-order valence-electron chi connectivity index (χ4n) is 3.35. The lowest BCUT2D eigenvalue weighted by Gasteiger charge is -2.14. The SMILES string of the molecule is O=C(NCCN1CCCC1)c1cc(NC(=O)C2CC2)n(-c2ccccc2)n1. The van der Waals surface area contributed by atoms with Gasteiger partial charge < -0.3 is 15.5 Å². The first kappa shape index (κ1) is 17.7. The maximum absolute atomic E-state index is 12.5. The summed E-state index contributed by atoms with van der Waals surface area (Å²) in [5, 5.41) is 10.3. The van der Waals surface area contributed by atoms with Gasteiger partial charge in [0.05, 0.1) is 5.69 Å². The molecule has 2 fully saturated rings. The van der Waals surface area contributed by atoms with Crippen LogP contribution in [0.3, 0.4) is 0 Å². The van der Waals surface area contributed by atoms with Crippen molar-refractivity contribution in [2.24, 2.45) is 5.92 Å². The summed E-state index contributed by atoms with van der Waals surface area (Å²) < 4.78 is 1.62. The predicted molar refractivity (Wildman–Crippen MR) is 103 cm³/mol. The molecule has 2 heterocycles. The number of anilines is 1. The third-order valence-electron chi connectivity index (χ3n) is 5.05. The first-order valence-corrected chi connectivity index (χ1v) is 9.67. The van der Waals surface area contributed by atoms with Crippen LogP contribution in [0.2, 0.25) is 0 Å². The number of benzene rings is 1. The van der Waals surface area contributed by atoms with Crippen molar-refractivity contribution < 1.29 is 9.59 Å². The largest absolute Gasteiger partial charge is 0.349 e. The van der Waals surface area contributed by atoms with Crippen molar-refractivity contribution in [1.82, 2.24) is 20.0 Å². The van der Waals surface area contributed by atoms with E-state index in [1.807, 2.05) is 30.3 Å². The highest BCUT2D eigenvalue weighted by Gasteiger charge is 2.30. The molecule has 1 aromatic heterocycles. The molecule has 4 rings (SSSR count). The third kappa shape index (κ3) is 4.36. The zero-order chi connectivity index (χ0) is 18.6. The number of amides is 2. The molecule has 2 aliphatic rings. The minimum absolute atomic E-state index is 0.00641. The number of nitrogens with one attached hydrogen (secondary N) is 2. The average Bonchev–Trinajstić information content (AvgIpc) is 3.26. The third-order valence-corrected chi connectivity index (χ3v) is 5.05. The summed E-state index contributed by atoms with van der Waals surface area (Å²) in [6, 6.07) is 11.2. The van der Waals surface area contributed by atoms with E-state index in [2.05, 4.69) is 20.6 Å². The van der Waals surface area contributed by atoms with Crippen LogP contribution < -0.4 is 10.6 Å². The van der Waals surface area contributed by atoms with Crippen molar-refractivity contribution in [2.45, 2.75) is 25.7 Å². The number of hydrogen-bond donors (Lipinski definition) is 2. The van der Waals surface area contributed by atoms with Gasteiger partial charge in [-0.1, -0.05) is 18.2 Å². The Morgan fingerprint density at radius 1 is 1.11 bits per heavy atom. The molecule has 0 atom stereocenters. The lowest BCUT2D eigenvalue weighted by atomic mass is 10.3. The van der Waals surface area contributed by atoms with Crippen LogP contribution in [-0.2, 0) is 4.79 Å². The quantitative estimate of drug-likeness (QED) is 0.785. The van der Waals surface area contributed by atoms with Gasteiger partial charge in [-0.2, -0.15) is 5.10 Å². The number of carbonyl (C=O) groups is 2. The van der Waals surface area contributed by atoms with E-state index in [1.54, 1.807) is 10.7 Å². The zero-order valence-electron chi connectivity index (χ0n) is 15.4. The second-order valence-electron chi connectivity index (χ2n) is 7.23. The van der Waals surface area contributed by atoms with Gasteiger partial charge in [0.2, 0.25) is 5.91 Å².